The van der Waals surface area contributed by atoms with Gasteiger partial charge < -0.3 is 14.7 Å². The fourth-order valence-corrected chi connectivity index (χ4v) is 3.12. The van der Waals surface area contributed by atoms with Gasteiger partial charge in [0.25, 0.3) is 11.8 Å². The lowest BCUT2D eigenvalue weighted by molar-refractivity contribution is 0.429. The van der Waals surface area contributed by atoms with Gasteiger partial charge in [0.2, 0.25) is 0 Å². The van der Waals surface area contributed by atoms with Gasteiger partial charge in [0.15, 0.2) is 0 Å². The van der Waals surface area contributed by atoms with Crippen LogP contribution >= 0.6 is 0 Å². The summed E-state index contributed by atoms with van der Waals surface area (Å²) in [5.41, 5.74) is 1.99. The van der Waals surface area contributed by atoms with Gasteiger partial charge >= 0.3 is 0 Å². The second kappa shape index (κ2) is 6.93. The van der Waals surface area contributed by atoms with Crippen molar-refractivity contribution >= 4 is 11.8 Å². The molecule has 0 atom stereocenters. The van der Waals surface area contributed by atoms with Crippen molar-refractivity contribution in [2.24, 2.45) is 0 Å². The molecule has 25 heavy (non-hydrogen) atoms. The summed E-state index contributed by atoms with van der Waals surface area (Å²) in [6.07, 6.45) is 2.04. The number of hydrogen-bond acceptors (Lipinski definition) is 6. The average Bonchev–Trinajstić information content (AvgIpc) is 3.12. The van der Waals surface area contributed by atoms with E-state index in [1.54, 1.807) is 0 Å². The molecule has 1 fully saturated rings. The number of pyridine rings is 1. The number of aryl methyl sites for hydroxylation is 1. The molecule has 0 amide bonds. The van der Waals surface area contributed by atoms with E-state index in [0.717, 1.165) is 43.0 Å². The van der Waals surface area contributed by atoms with Crippen LogP contribution in [0.25, 0.3) is 11.5 Å². The predicted octanol–water partition coefficient (Wildman–Crippen LogP) is 3.52. The first-order valence-electron chi connectivity index (χ1n) is 8.62. The number of anilines is 2. The minimum Gasteiger partial charge on any atom is -0.356 e. The molecule has 0 aliphatic carbocycles. The van der Waals surface area contributed by atoms with Crippen molar-refractivity contribution in [1.29, 1.82) is 0 Å². The summed E-state index contributed by atoms with van der Waals surface area (Å²) in [5.74, 6) is 2.17. The Labute approximate surface area is 146 Å². The molecular formula is C19H21N5O. The van der Waals surface area contributed by atoms with Crippen molar-refractivity contribution in [2.75, 3.05) is 23.3 Å². The molecule has 1 N–H and O–H groups in total. The van der Waals surface area contributed by atoms with E-state index in [2.05, 4.69) is 37.5 Å². The maximum Gasteiger partial charge on any atom is 0.263 e. The zero-order chi connectivity index (χ0) is 17.1. The Morgan fingerprint density at radius 1 is 1.00 bits per heavy atom. The molecule has 4 rings (SSSR count). The molecule has 3 aromatic rings. The van der Waals surface area contributed by atoms with Crippen LogP contribution < -0.4 is 10.2 Å². The third-order valence-corrected chi connectivity index (χ3v) is 4.47. The number of rotatable bonds is 4. The summed E-state index contributed by atoms with van der Waals surface area (Å²) in [4.78, 5) is 11.4. The highest BCUT2D eigenvalue weighted by Crippen LogP contribution is 2.22. The van der Waals surface area contributed by atoms with Crippen molar-refractivity contribution in [3.05, 3.63) is 54.2 Å². The maximum atomic E-state index is 5.35. The third kappa shape index (κ3) is 3.63. The fourth-order valence-electron chi connectivity index (χ4n) is 3.12. The molecule has 2 aromatic heterocycles. The Bertz CT molecular complexity index is 825. The Balaban J connectivity index is 1.35. The SMILES string of the molecule is Cc1cccc(N2CCC(Nc3noc(-c4ccccc4)n3)CC2)n1. The minimum atomic E-state index is 0.349. The Hall–Kier alpha value is -2.89. The van der Waals surface area contributed by atoms with E-state index >= 15 is 0 Å². The Morgan fingerprint density at radius 2 is 1.80 bits per heavy atom. The van der Waals surface area contributed by atoms with Gasteiger partial charge in [-0.05, 0) is 49.2 Å². The lowest BCUT2D eigenvalue weighted by Gasteiger charge is -2.33. The highest BCUT2D eigenvalue weighted by molar-refractivity contribution is 5.53. The molecule has 1 aromatic carbocycles. The largest absolute Gasteiger partial charge is 0.356 e. The normalized spacial score (nSPS) is 15.3. The first kappa shape index (κ1) is 15.6. The topological polar surface area (TPSA) is 67.1 Å². The highest BCUT2D eigenvalue weighted by Gasteiger charge is 2.21. The van der Waals surface area contributed by atoms with Crippen LogP contribution in [0.4, 0.5) is 11.8 Å². The molecule has 128 valence electrons. The van der Waals surface area contributed by atoms with Crippen LogP contribution in [-0.4, -0.2) is 34.3 Å². The van der Waals surface area contributed by atoms with Gasteiger partial charge in [-0.15, -0.1) is 0 Å². The molecule has 0 saturated carbocycles. The van der Waals surface area contributed by atoms with Gasteiger partial charge in [0.1, 0.15) is 5.82 Å². The molecular weight excluding hydrogens is 314 g/mol. The quantitative estimate of drug-likeness (QED) is 0.787. The summed E-state index contributed by atoms with van der Waals surface area (Å²) in [7, 11) is 0. The molecule has 3 heterocycles. The highest BCUT2D eigenvalue weighted by atomic mass is 16.5. The molecule has 1 saturated heterocycles. The number of aromatic nitrogens is 3. The van der Waals surface area contributed by atoms with Crippen molar-refractivity contribution in [1.82, 2.24) is 15.1 Å². The zero-order valence-corrected chi connectivity index (χ0v) is 14.2. The minimum absolute atomic E-state index is 0.349. The molecule has 1 aliphatic rings. The summed E-state index contributed by atoms with van der Waals surface area (Å²) in [6, 6.07) is 16.3. The van der Waals surface area contributed by atoms with Gasteiger partial charge in [-0.3, -0.25) is 0 Å². The molecule has 0 unspecified atom stereocenters. The van der Waals surface area contributed by atoms with Gasteiger partial charge in [-0.2, -0.15) is 4.98 Å². The molecule has 0 radical (unpaired) electrons. The molecule has 1 aliphatic heterocycles. The average molecular weight is 335 g/mol. The summed E-state index contributed by atoms with van der Waals surface area (Å²) in [5, 5.41) is 7.44. The standard InChI is InChI=1S/C19H21N5O/c1-14-6-5-9-17(20-14)24-12-10-16(11-13-24)21-19-22-18(25-23-19)15-7-3-2-4-8-15/h2-9,16H,10-13H2,1H3,(H,21,23). The van der Waals surface area contributed by atoms with E-state index in [-0.39, 0.29) is 0 Å². The van der Waals surface area contributed by atoms with Crippen LogP contribution in [-0.2, 0) is 0 Å². The summed E-state index contributed by atoms with van der Waals surface area (Å²) < 4.78 is 5.35. The molecule has 6 nitrogen and oxygen atoms in total. The number of nitrogens with one attached hydrogen (secondary N) is 1. The van der Waals surface area contributed by atoms with Crippen molar-refractivity contribution in [3.8, 4) is 11.5 Å². The lowest BCUT2D eigenvalue weighted by atomic mass is 10.1. The number of benzene rings is 1. The number of hydrogen-bond donors (Lipinski definition) is 1. The van der Waals surface area contributed by atoms with Crippen LogP contribution in [0.5, 0.6) is 0 Å². The first-order valence-corrected chi connectivity index (χ1v) is 8.62. The van der Waals surface area contributed by atoms with Crippen LogP contribution in [0.1, 0.15) is 18.5 Å². The fraction of sp³-hybridized carbons (Fsp3) is 0.316. The second-order valence-corrected chi connectivity index (χ2v) is 6.33. The third-order valence-electron chi connectivity index (χ3n) is 4.47. The van der Waals surface area contributed by atoms with E-state index in [1.165, 1.54) is 0 Å². The Morgan fingerprint density at radius 3 is 2.56 bits per heavy atom. The second-order valence-electron chi connectivity index (χ2n) is 6.33. The van der Waals surface area contributed by atoms with Crippen LogP contribution in [0.15, 0.2) is 53.1 Å². The van der Waals surface area contributed by atoms with E-state index in [9.17, 15) is 0 Å². The summed E-state index contributed by atoms with van der Waals surface area (Å²) in [6.45, 7) is 3.97. The number of nitrogens with zero attached hydrogens (tertiary/aromatic N) is 4. The van der Waals surface area contributed by atoms with Crippen molar-refractivity contribution in [2.45, 2.75) is 25.8 Å². The van der Waals surface area contributed by atoms with Crippen molar-refractivity contribution in [3.63, 3.8) is 0 Å². The van der Waals surface area contributed by atoms with E-state index in [1.807, 2.05) is 43.3 Å². The van der Waals surface area contributed by atoms with Gasteiger partial charge in [0.05, 0.1) is 0 Å². The van der Waals surface area contributed by atoms with Crippen LogP contribution in [0.3, 0.4) is 0 Å². The zero-order valence-electron chi connectivity index (χ0n) is 14.2. The monoisotopic (exact) mass is 335 g/mol. The first-order chi connectivity index (χ1) is 12.3. The van der Waals surface area contributed by atoms with Crippen LogP contribution in [0.2, 0.25) is 0 Å². The van der Waals surface area contributed by atoms with E-state index in [0.29, 0.717) is 17.9 Å². The van der Waals surface area contributed by atoms with Gasteiger partial charge in [0, 0.05) is 30.4 Å². The molecule has 0 bridgehead atoms. The predicted molar refractivity (Wildman–Crippen MR) is 97.6 cm³/mol. The van der Waals surface area contributed by atoms with Crippen molar-refractivity contribution < 1.29 is 4.52 Å². The lowest BCUT2D eigenvalue weighted by Crippen LogP contribution is -2.39. The smallest absolute Gasteiger partial charge is 0.263 e. The Kier molecular flexibility index (Phi) is 4.33. The molecule has 6 heteroatoms. The number of piperidine rings is 1. The maximum absolute atomic E-state index is 5.35. The molecule has 0 spiro atoms. The van der Waals surface area contributed by atoms with Crippen LogP contribution in [0, 0.1) is 6.92 Å². The van der Waals surface area contributed by atoms with E-state index < -0.39 is 0 Å². The van der Waals surface area contributed by atoms with Gasteiger partial charge in [-0.1, -0.05) is 24.3 Å². The van der Waals surface area contributed by atoms with Gasteiger partial charge in [-0.25, -0.2) is 4.98 Å². The summed E-state index contributed by atoms with van der Waals surface area (Å²) >= 11 is 0. The van der Waals surface area contributed by atoms with E-state index in [4.69, 9.17) is 4.52 Å².